The van der Waals surface area contributed by atoms with Crippen LogP contribution < -0.4 is 0 Å². The highest BCUT2D eigenvalue weighted by Gasteiger charge is 2.07. The zero-order chi connectivity index (χ0) is 9.42. The number of nitriles is 1. The van der Waals surface area contributed by atoms with Crippen LogP contribution in [0.1, 0.15) is 11.1 Å². The fourth-order valence-corrected chi connectivity index (χ4v) is 1.35. The molecule has 0 aliphatic heterocycles. The van der Waals surface area contributed by atoms with Crippen LogP contribution in [0.15, 0.2) is 12.1 Å². The molecule has 1 aromatic heterocycles. The van der Waals surface area contributed by atoms with Crippen molar-refractivity contribution in [2.45, 2.75) is 6.92 Å². The molecule has 1 heterocycles. The second-order valence-electron chi connectivity index (χ2n) is 2.93. The van der Waals surface area contributed by atoms with Crippen LogP contribution in [-0.4, -0.2) is 15.0 Å². The Labute approximate surface area is 75.4 Å². The van der Waals surface area contributed by atoms with E-state index >= 15 is 0 Å². The lowest BCUT2D eigenvalue weighted by molar-refractivity contribution is 0.736. The summed E-state index contributed by atoms with van der Waals surface area (Å²) in [6, 6.07) is 5.77. The molecule has 2 aromatic rings. The van der Waals surface area contributed by atoms with E-state index in [1.165, 1.54) is 0 Å². The molecule has 0 aliphatic rings. The average Bonchev–Trinajstić information content (AvgIpc) is 2.50. The van der Waals surface area contributed by atoms with Crippen molar-refractivity contribution in [3.63, 3.8) is 0 Å². The van der Waals surface area contributed by atoms with Crippen LogP contribution in [0.4, 0.5) is 0 Å². The first-order valence-corrected chi connectivity index (χ1v) is 3.93. The molecule has 0 bridgehead atoms. The van der Waals surface area contributed by atoms with Crippen LogP contribution >= 0.6 is 0 Å². The van der Waals surface area contributed by atoms with Gasteiger partial charge in [0, 0.05) is 7.05 Å². The summed E-state index contributed by atoms with van der Waals surface area (Å²) < 4.78 is 1.70. The van der Waals surface area contributed by atoms with Crippen LogP contribution in [0.25, 0.3) is 11.0 Å². The molecule has 0 radical (unpaired) electrons. The van der Waals surface area contributed by atoms with Crippen LogP contribution in [-0.2, 0) is 7.05 Å². The highest BCUT2D eigenvalue weighted by molar-refractivity contribution is 5.80. The number of rotatable bonds is 0. The molecule has 0 aliphatic carbocycles. The second-order valence-corrected chi connectivity index (χ2v) is 2.93. The third kappa shape index (κ3) is 0.975. The third-order valence-corrected chi connectivity index (χ3v) is 2.16. The van der Waals surface area contributed by atoms with E-state index in [0.29, 0.717) is 5.56 Å². The number of nitrogens with zero attached hydrogens (tertiary/aromatic N) is 4. The lowest BCUT2D eigenvalue weighted by Gasteiger charge is -1.96. The fourth-order valence-electron chi connectivity index (χ4n) is 1.35. The molecule has 0 fully saturated rings. The first-order valence-electron chi connectivity index (χ1n) is 3.93. The van der Waals surface area contributed by atoms with Gasteiger partial charge in [-0.05, 0) is 24.6 Å². The van der Waals surface area contributed by atoms with Crippen LogP contribution in [0.3, 0.4) is 0 Å². The molecule has 0 saturated carbocycles. The molecule has 0 saturated heterocycles. The van der Waals surface area contributed by atoms with E-state index in [1.54, 1.807) is 10.7 Å². The van der Waals surface area contributed by atoms with E-state index in [2.05, 4.69) is 16.4 Å². The Hall–Kier alpha value is -1.89. The van der Waals surface area contributed by atoms with Crippen molar-refractivity contribution in [2.24, 2.45) is 7.05 Å². The number of fused-ring (bicyclic) bond motifs is 1. The van der Waals surface area contributed by atoms with Crippen molar-refractivity contribution in [1.29, 1.82) is 5.26 Å². The lowest BCUT2D eigenvalue weighted by atomic mass is 10.1. The Morgan fingerprint density at radius 2 is 2.23 bits per heavy atom. The summed E-state index contributed by atoms with van der Waals surface area (Å²) in [5.74, 6) is 0. The van der Waals surface area contributed by atoms with E-state index in [1.807, 2.05) is 20.0 Å². The molecule has 0 amide bonds. The standard InChI is InChI=1S/C9H8N4/c1-6-7(5-10)3-4-8-9(6)11-12-13(8)2/h3-4H,1-2H3. The van der Waals surface area contributed by atoms with Gasteiger partial charge in [-0.25, -0.2) is 4.68 Å². The molecule has 0 unspecified atom stereocenters. The summed E-state index contributed by atoms with van der Waals surface area (Å²) in [5, 5.41) is 16.7. The summed E-state index contributed by atoms with van der Waals surface area (Å²) >= 11 is 0. The largest absolute Gasteiger partial charge is 0.248 e. The van der Waals surface area contributed by atoms with E-state index in [-0.39, 0.29) is 0 Å². The zero-order valence-corrected chi connectivity index (χ0v) is 7.44. The van der Waals surface area contributed by atoms with Gasteiger partial charge in [0.05, 0.1) is 17.1 Å². The van der Waals surface area contributed by atoms with Crippen LogP contribution in [0, 0.1) is 18.3 Å². The minimum atomic E-state index is 0.660. The van der Waals surface area contributed by atoms with Crippen molar-refractivity contribution >= 4 is 11.0 Å². The Bertz CT molecular complexity index is 504. The molecular formula is C9H8N4. The normalized spacial score (nSPS) is 10.2. The SMILES string of the molecule is Cc1c(C#N)ccc2c1nnn2C. The Kier molecular flexibility index (Phi) is 1.52. The maximum absolute atomic E-state index is 8.78. The van der Waals surface area contributed by atoms with Crippen LogP contribution in [0.5, 0.6) is 0 Å². The van der Waals surface area contributed by atoms with Crippen molar-refractivity contribution in [1.82, 2.24) is 15.0 Å². The topological polar surface area (TPSA) is 54.5 Å². The van der Waals surface area contributed by atoms with Gasteiger partial charge in [-0.3, -0.25) is 0 Å². The molecular weight excluding hydrogens is 164 g/mol. The third-order valence-electron chi connectivity index (χ3n) is 2.16. The summed E-state index contributed by atoms with van der Waals surface area (Å²) in [4.78, 5) is 0. The molecule has 0 spiro atoms. The summed E-state index contributed by atoms with van der Waals surface area (Å²) in [5.41, 5.74) is 3.32. The Morgan fingerprint density at radius 3 is 2.92 bits per heavy atom. The second kappa shape index (κ2) is 2.56. The summed E-state index contributed by atoms with van der Waals surface area (Å²) in [6.07, 6.45) is 0. The number of hydrogen-bond acceptors (Lipinski definition) is 3. The van der Waals surface area contributed by atoms with Gasteiger partial charge in [0.25, 0.3) is 0 Å². The Balaban J connectivity index is 2.90. The maximum atomic E-state index is 8.78. The van der Waals surface area contributed by atoms with Crippen molar-refractivity contribution in [3.8, 4) is 6.07 Å². The van der Waals surface area contributed by atoms with E-state index in [9.17, 15) is 0 Å². The number of benzene rings is 1. The predicted octanol–water partition coefficient (Wildman–Crippen LogP) is 1.15. The number of aryl methyl sites for hydroxylation is 2. The molecule has 0 atom stereocenters. The van der Waals surface area contributed by atoms with Gasteiger partial charge in [0.15, 0.2) is 0 Å². The van der Waals surface area contributed by atoms with Gasteiger partial charge in [-0.15, -0.1) is 5.10 Å². The van der Waals surface area contributed by atoms with E-state index < -0.39 is 0 Å². The zero-order valence-electron chi connectivity index (χ0n) is 7.44. The quantitative estimate of drug-likeness (QED) is 0.599. The molecule has 0 N–H and O–H groups in total. The van der Waals surface area contributed by atoms with Gasteiger partial charge in [0.1, 0.15) is 5.52 Å². The summed E-state index contributed by atoms with van der Waals surface area (Å²) in [6.45, 7) is 1.88. The number of aromatic nitrogens is 3. The monoisotopic (exact) mass is 172 g/mol. The van der Waals surface area contributed by atoms with Gasteiger partial charge in [-0.1, -0.05) is 5.21 Å². The van der Waals surface area contributed by atoms with Crippen molar-refractivity contribution in [3.05, 3.63) is 23.3 Å². The van der Waals surface area contributed by atoms with Gasteiger partial charge in [0.2, 0.25) is 0 Å². The smallest absolute Gasteiger partial charge is 0.117 e. The molecule has 4 nitrogen and oxygen atoms in total. The molecule has 64 valence electrons. The number of hydrogen-bond donors (Lipinski definition) is 0. The Morgan fingerprint density at radius 1 is 1.46 bits per heavy atom. The molecule has 4 heteroatoms. The van der Waals surface area contributed by atoms with E-state index in [4.69, 9.17) is 5.26 Å². The minimum Gasteiger partial charge on any atom is -0.248 e. The average molecular weight is 172 g/mol. The van der Waals surface area contributed by atoms with Crippen molar-refractivity contribution < 1.29 is 0 Å². The lowest BCUT2D eigenvalue weighted by Crippen LogP contribution is -1.89. The van der Waals surface area contributed by atoms with Gasteiger partial charge >= 0.3 is 0 Å². The van der Waals surface area contributed by atoms with Crippen LogP contribution in [0.2, 0.25) is 0 Å². The summed E-state index contributed by atoms with van der Waals surface area (Å²) in [7, 11) is 1.83. The van der Waals surface area contributed by atoms with E-state index in [0.717, 1.165) is 16.6 Å². The molecule has 1 aromatic carbocycles. The maximum Gasteiger partial charge on any atom is 0.117 e. The first-order chi connectivity index (χ1) is 6.24. The molecule has 13 heavy (non-hydrogen) atoms. The van der Waals surface area contributed by atoms with Gasteiger partial charge in [-0.2, -0.15) is 5.26 Å². The minimum absolute atomic E-state index is 0.660. The highest BCUT2D eigenvalue weighted by Crippen LogP contribution is 2.17. The van der Waals surface area contributed by atoms with Gasteiger partial charge < -0.3 is 0 Å². The van der Waals surface area contributed by atoms with Crippen molar-refractivity contribution in [2.75, 3.05) is 0 Å². The fraction of sp³-hybridized carbons (Fsp3) is 0.222. The highest BCUT2D eigenvalue weighted by atomic mass is 15.4. The first kappa shape index (κ1) is 7.74. The predicted molar refractivity (Wildman–Crippen MR) is 48.0 cm³/mol. The molecule has 2 rings (SSSR count).